The van der Waals surface area contributed by atoms with Crippen LogP contribution in [-0.2, 0) is 17.7 Å². The number of H-pyrrole nitrogens is 1. The molecule has 0 saturated carbocycles. The topological polar surface area (TPSA) is 72.8 Å². The largest absolute Gasteiger partial charge is 0.376 e. The summed E-state index contributed by atoms with van der Waals surface area (Å²) >= 11 is 3.09. The van der Waals surface area contributed by atoms with Gasteiger partial charge in [0.15, 0.2) is 16.8 Å². The standard InChI is InChI=1S/C23H24N4O2S2/c1-2-15-6-3-8-17-18(12-24-21(15)17)19(28)14-31-23-26-25-22(20-9-5-11-30-20)27(23)13-16-7-4-10-29-16/h3,5-6,8-9,11-12,16,24H,2,4,7,10,13-14H2,1H3. The minimum Gasteiger partial charge on any atom is -0.376 e. The Morgan fingerprint density at radius 2 is 2.26 bits per heavy atom. The number of fused-ring (bicyclic) bond motifs is 1. The third-order valence-corrected chi connectivity index (χ3v) is 7.52. The van der Waals surface area contributed by atoms with Gasteiger partial charge in [-0.25, -0.2) is 0 Å². The van der Waals surface area contributed by atoms with E-state index in [0.717, 1.165) is 58.2 Å². The third-order valence-electron chi connectivity index (χ3n) is 5.68. The van der Waals surface area contributed by atoms with E-state index in [0.29, 0.717) is 12.3 Å². The van der Waals surface area contributed by atoms with Gasteiger partial charge in [0.05, 0.1) is 23.3 Å². The summed E-state index contributed by atoms with van der Waals surface area (Å²) in [6, 6.07) is 10.2. The maximum atomic E-state index is 13.1. The lowest BCUT2D eigenvalue weighted by Crippen LogP contribution is -2.17. The van der Waals surface area contributed by atoms with Crippen LogP contribution in [0, 0.1) is 0 Å². The van der Waals surface area contributed by atoms with Crippen LogP contribution in [0.2, 0.25) is 0 Å². The Bertz CT molecular complexity index is 1190. The number of aromatic amines is 1. The van der Waals surface area contributed by atoms with E-state index in [1.165, 1.54) is 17.3 Å². The molecular formula is C23H24N4O2S2. The zero-order valence-electron chi connectivity index (χ0n) is 17.3. The first-order chi connectivity index (χ1) is 15.2. The molecule has 1 N–H and O–H groups in total. The first-order valence-electron chi connectivity index (χ1n) is 10.6. The van der Waals surface area contributed by atoms with Crippen LogP contribution in [0.5, 0.6) is 0 Å². The normalized spacial score (nSPS) is 16.4. The fraction of sp³-hybridized carbons (Fsp3) is 0.348. The van der Waals surface area contributed by atoms with Crippen molar-refractivity contribution in [1.82, 2.24) is 19.7 Å². The average Bonchev–Trinajstić information content (AvgIpc) is 3.59. The minimum absolute atomic E-state index is 0.0915. The van der Waals surface area contributed by atoms with E-state index in [1.807, 2.05) is 29.8 Å². The van der Waals surface area contributed by atoms with Crippen LogP contribution in [0.25, 0.3) is 21.6 Å². The van der Waals surface area contributed by atoms with E-state index >= 15 is 0 Å². The van der Waals surface area contributed by atoms with Gasteiger partial charge < -0.3 is 9.72 Å². The van der Waals surface area contributed by atoms with Crippen molar-refractivity contribution < 1.29 is 9.53 Å². The molecule has 0 spiro atoms. The van der Waals surface area contributed by atoms with E-state index < -0.39 is 0 Å². The molecule has 6 nitrogen and oxygen atoms in total. The third kappa shape index (κ3) is 4.07. The summed E-state index contributed by atoms with van der Waals surface area (Å²) in [6.07, 6.45) is 5.06. The summed E-state index contributed by atoms with van der Waals surface area (Å²) in [5, 5.41) is 12.7. The number of nitrogens with zero attached hydrogens (tertiary/aromatic N) is 3. The number of hydrogen-bond donors (Lipinski definition) is 1. The van der Waals surface area contributed by atoms with Crippen LogP contribution in [0.3, 0.4) is 0 Å². The highest BCUT2D eigenvalue weighted by molar-refractivity contribution is 7.99. The maximum absolute atomic E-state index is 13.1. The molecule has 0 aliphatic carbocycles. The van der Waals surface area contributed by atoms with Gasteiger partial charge in [-0.15, -0.1) is 21.5 Å². The highest BCUT2D eigenvalue weighted by atomic mass is 32.2. The van der Waals surface area contributed by atoms with Crippen molar-refractivity contribution >= 4 is 39.8 Å². The lowest BCUT2D eigenvalue weighted by molar-refractivity contribution is 0.0953. The van der Waals surface area contributed by atoms with Gasteiger partial charge in [-0.1, -0.05) is 43.0 Å². The number of Topliss-reactive ketones (excluding diaryl/α,β-unsaturated/α-hetero) is 1. The summed E-state index contributed by atoms with van der Waals surface area (Å²) in [4.78, 5) is 17.4. The second kappa shape index (κ2) is 8.98. The summed E-state index contributed by atoms with van der Waals surface area (Å²) < 4.78 is 7.97. The molecule has 1 fully saturated rings. The minimum atomic E-state index is 0.0915. The van der Waals surface area contributed by atoms with Gasteiger partial charge in [0.25, 0.3) is 0 Å². The number of hydrogen-bond acceptors (Lipinski definition) is 6. The Kier molecular flexibility index (Phi) is 5.93. The zero-order chi connectivity index (χ0) is 21.2. The SMILES string of the molecule is CCc1cccc2c(C(=O)CSc3nnc(-c4cccs4)n3CC3CCCO3)c[nH]c12. The highest BCUT2D eigenvalue weighted by Gasteiger charge is 2.23. The lowest BCUT2D eigenvalue weighted by atomic mass is 10.1. The molecule has 0 bridgehead atoms. The van der Waals surface area contributed by atoms with Gasteiger partial charge in [-0.05, 0) is 36.3 Å². The van der Waals surface area contributed by atoms with Crippen molar-refractivity contribution in [3.05, 3.63) is 53.0 Å². The molecule has 0 amide bonds. The first kappa shape index (κ1) is 20.5. The molecule has 8 heteroatoms. The van der Waals surface area contributed by atoms with Crippen LogP contribution < -0.4 is 0 Å². The molecule has 1 aliphatic rings. The molecule has 160 valence electrons. The number of para-hydroxylation sites is 1. The van der Waals surface area contributed by atoms with Crippen molar-refractivity contribution in [2.75, 3.05) is 12.4 Å². The summed E-state index contributed by atoms with van der Waals surface area (Å²) in [7, 11) is 0. The summed E-state index contributed by atoms with van der Waals surface area (Å²) in [6.45, 7) is 3.64. The number of carbonyl (C=O) groups excluding carboxylic acids is 1. The van der Waals surface area contributed by atoms with Crippen molar-refractivity contribution in [1.29, 1.82) is 0 Å². The monoisotopic (exact) mass is 452 g/mol. The second-order valence-electron chi connectivity index (χ2n) is 7.64. The molecular weight excluding hydrogens is 428 g/mol. The van der Waals surface area contributed by atoms with Gasteiger partial charge in [0, 0.05) is 29.3 Å². The van der Waals surface area contributed by atoms with Gasteiger partial charge >= 0.3 is 0 Å². The Morgan fingerprint density at radius 1 is 1.32 bits per heavy atom. The van der Waals surface area contributed by atoms with Gasteiger partial charge in [-0.2, -0.15) is 0 Å². The fourth-order valence-electron chi connectivity index (χ4n) is 4.09. The van der Waals surface area contributed by atoms with Crippen molar-refractivity contribution in [3.63, 3.8) is 0 Å². The van der Waals surface area contributed by atoms with Crippen LogP contribution in [0.1, 0.15) is 35.7 Å². The van der Waals surface area contributed by atoms with E-state index in [1.54, 1.807) is 11.3 Å². The number of nitrogens with one attached hydrogen (secondary N) is 1. The predicted molar refractivity (Wildman–Crippen MR) is 125 cm³/mol. The van der Waals surface area contributed by atoms with Crippen LogP contribution in [-0.4, -0.2) is 44.0 Å². The number of thioether (sulfide) groups is 1. The molecule has 3 aromatic heterocycles. The Balaban J connectivity index is 1.38. The molecule has 1 saturated heterocycles. The number of benzene rings is 1. The van der Waals surface area contributed by atoms with Crippen LogP contribution in [0.4, 0.5) is 0 Å². The number of ether oxygens (including phenoxy) is 1. The highest BCUT2D eigenvalue weighted by Crippen LogP contribution is 2.30. The van der Waals surface area contributed by atoms with E-state index in [2.05, 4.69) is 38.8 Å². The molecule has 31 heavy (non-hydrogen) atoms. The number of aryl methyl sites for hydroxylation is 1. The van der Waals surface area contributed by atoms with Crippen molar-refractivity contribution in [2.45, 2.75) is 44.0 Å². The van der Waals surface area contributed by atoms with Gasteiger partial charge in [0.2, 0.25) is 0 Å². The summed E-state index contributed by atoms with van der Waals surface area (Å²) in [5.74, 6) is 1.26. The number of rotatable bonds is 8. The van der Waals surface area contributed by atoms with Crippen molar-refractivity contribution in [2.24, 2.45) is 0 Å². The van der Waals surface area contributed by atoms with E-state index in [4.69, 9.17) is 4.74 Å². The predicted octanol–water partition coefficient (Wildman–Crippen LogP) is 5.20. The molecule has 5 rings (SSSR count). The van der Waals surface area contributed by atoms with Gasteiger partial charge in [0.1, 0.15) is 0 Å². The van der Waals surface area contributed by atoms with Crippen molar-refractivity contribution in [3.8, 4) is 10.7 Å². The molecule has 4 heterocycles. The Labute approximate surface area is 189 Å². The lowest BCUT2D eigenvalue weighted by Gasteiger charge is -2.14. The Morgan fingerprint density at radius 3 is 3.03 bits per heavy atom. The molecule has 1 aromatic carbocycles. The molecule has 0 radical (unpaired) electrons. The number of aromatic nitrogens is 4. The van der Waals surface area contributed by atoms with Gasteiger partial charge in [-0.3, -0.25) is 9.36 Å². The molecule has 4 aromatic rings. The number of thiophene rings is 1. The number of carbonyl (C=O) groups is 1. The maximum Gasteiger partial charge on any atom is 0.192 e. The second-order valence-corrected chi connectivity index (χ2v) is 9.53. The average molecular weight is 453 g/mol. The quantitative estimate of drug-likeness (QED) is 0.294. The summed E-state index contributed by atoms with van der Waals surface area (Å²) in [5.41, 5.74) is 3.02. The van der Waals surface area contributed by atoms with Crippen LogP contribution >= 0.6 is 23.1 Å². The first-order valence-corrected chi connectivity index (χ1v) is 12.4. The van der Waals surface area contributed by atoms with Crippen LogP contribution in [0.15, 0.2) is 47.1 Å². The Hall–Kier alpha value is -2.42. The van der Waals surface area contributed by atoms with E-state index in [-0.39, 0.29) is 11.9 Å². The van der Waals surface area contributed by atoms with E-state index in [9.17, 15) is 4.79 Å². The molecule has 1 atom stereocenters. The zero-order valence-corrected chi connectivity index (χ0v) is 19.0. The fourth-order valence-corrected chi connectivity index (χ4v) is 5.64. The molecule has 1 aliphatic heterocycles. The molecule has 1 unspecified atom stereocenters. The number of ketones is 1. The smallest absolute Gasteiger partial charge is 0.192 e.